The number of hydrogen-bond acceptors (Lipinski definition) is 0. The number of nitrogens with zero attached hydrogens (tertiary/aromatic N) is 2. The van der Waals surface area contributed by atoms with Gasteiger partial charge in [-0.05, 0) is 240 Å². The van der Waals surface area contributed by atoms with E-state index in [1.54, 1.807) is 0 Å². The molecule has 0 bridgehead atoms. The Morgan fingerprint density at radius 2 is 0.524 bits per heavy atom. The number of hydrogen-bond donors (Lipinski definition) is 0. The van der Waals surface area contributed by atoms with Crippen LogP contribution in [0.15, 0.2) is 291 Å². The largest absolute Gasteiger partial charge is 0.309 e. The third-order valence-electron chi connectivity index (χ3n) is 24.5. The monoisotopic (exact) mass is 1350 g/mol. The zero-order chi connectivity index (χ0) is 71.2. The molecule has 105 heavy (non-hydrogen) atoms. The van der Waals surface area contributed by atoms with Crippen LogP contribution < -0.4 is 0 Å². The first-order chi connectivity index (χ1) is 50.8. The van der Waals surface area contributed by atoms with E-state index in [-0.39, 0.29) is 21.7 Å². The van der Waals surface area contributed by atoms with Gasteiger partial charge in [-0.3, -0.25) is 0 Å². The Hall–Kier alpha value is -11.8. The Labute approximate surface area is 616 Å². The summed E-state index contributed by atoms with van der Waals surface area (Å²) in [5, 5.41) is 5.07. The smallest absolute Gasteiger partial charge is 0.0725 e. The molecular formula is C103H82N2. The first kappa shape index (κ1) is 62.9. The molecule has 2 nitrogen and oxygen atoms in total. The lowest BCUT2D eigenvalue weighted by atomic mass is 9.70. The molecule has 0 atom stereocenters. The highest BCUT2D eigenvalue weighted by Crippen LogP contribution is 2.63. The second kappa shape index (κ2) is 22.6. The van der Waals surface area contributed by atoms with Crippen molar-refractivity contribution in [1.82, 2.24) is 9.13 Å². The van der Waals surface area contributed by atoms with Crippen LogP contribution in [0.5, 0.6) is 0 Å². The van der Waals surface area contributed by atoms with E-state index in [0.717, 1.165) is 0 Å². The fourth-order valence-electron chi connectivity index (χ4n) is 18.9. The van der Waals surface area contributed by atoms with Crippen molar-refractivity contribution in [3.8, 4) is 78.1 Å². The van der Waals surface area contributed by atoms with Gasteiger partial charge in [0.15, 0.2) is 0 Å². The Balaban J connectivity index is 0.591. The van der Waals surface area contributed by atoms with E-state index in [9.17, 15) is 0 Å². The van der Waals surface area contributed by atoms with E-state index in [1.165, 1.54) is 200 Å². The molecule has 4 aliphatic rings. The number of aromatic nitrogens is 2. The molecule has 2 heterocycles. The van der Waals surface area contributed by atoms with Crippen LogP contribution in [0.2, 0.25) is 0 Å². The molecule has 0 aliphatic heterocycles. The number of benzene rings is 14. The van der Waals surface area contributed by atoms with Gasteiger partial charge in [-0.25, -0.2) is 0 Å². The van der Waals surface area contributed by atoms with Crippen molar-refractivity contribution in [3.05, 3.63) is 369 Å². The van der Waals surface area contributed by atoms with Crippen molar-refractivity contribution in [2.45, 2.75) is 96.3 Å². The Morgan fingerprint density at radius 3 is 0.905 bits per heavy atom. The summed E-state index contributed by atoms with van der Waals surface area (Å²) in [5.74, 6) is 0. The van der Waals surface area contributed by atoms with Crippen LogP contribution in [-0.4, -0.2) is 9.13 Å². The van der Waals surface area contributed by atoms with Crippen LogP contribution in [-0.2, 0) is 27.1 Å². The van der Waals surface area contributed by atoms with E-state index in [0.29, 0.717) is 0 Å². The fourth-order valence-corrected chi connectivity index (χ4v) is 18.9. The zero-order valence-electron chi connectivity index (χ0n) is 61.4. The third-order valence-corrected chi connectivity index (χ3v) is 24.5. The third kappa shape index (κ3) is 9.41. The molecule has 16 aromatic rings. The molecule has 0 saturated carbocycles. The first-order valence-corrected chi connectivity index (χ1v) is 37.5. The molecule has 14 aromatic carbocycles. The molecule has 504 valence electrons. The van der Waals surface area contributed by atoms with E-state index in [4.69, 9.17) is 0 Å². The lowest BCUT2D eigenvalue weighted by Crippen LogP contribution is -2.26. The Kier molecular flexibility index (Phi) is 13.5. The lowest BCUT2D eigenvalue weighted by molar-refractivity contribution is 0.590. The van der Waals surface area contributed by atoms with Gasteiger partial charge in [-0.2, -0.15) is 0 Å². The molecule has 0 unspecified atom stereocenters. The molecule has 0 radical (unpaired) electrons. The van der Waals surface area contributed by atoms with Crippen molar-refractivity contribution in [3.63, 3.8) is 0 Å². The van der Waals surface area contributed by atoms with Crippen molar-refractivity contribution in [2.75, 3.05) is 0 Å². The molecular weight excluding hydrogens is 1270 g/mol. The van der Waals surface area contributed by atoms with Crippen molar-refractivity contribution in [2.24, 2.45) is 0 Å². The average Bonchev–Trinajstić information content (AvgIpc) is 1.50. The molecule has 20 rings (SSSR count). The van der Waals surface area contributed by atoms with Gasteiger partial charge in [0.25, 0.3) is 0 Å². The van der Waals surface area contributed by atoms with Gasteiger partial charge in [0.05, 0.1) is 27.5 Å². The Bertz CT molecular complexity index is 6060. The summed E-state index contributed by atoms with van der Waals surface area (Å²) < 4.78 is 4.85. The number of rotatable bonds is 8. The van der Waals surface area contributed by atoms with Crippen molar-refractivity contribution >= 4 is 67.9 Å². The SMILES string of the molecule is CC(C)(C)c1ccc(-n2c3ccccc3c3cc(-c4ccc5c(c4)C(C)(C)c4cc(/C=C/c6ccc7c(c6)C6(c8ccccc8-c8ccccc86)c6cc(/C=C/c8ccc9c(c8)C(C)(C)c8cc(-c%10ccc%11c(c%10)c%10ccccc%10n%11-c%10ccc(C(C)(C)C)cc%10)ccc8-9)ccc6-7)ccc4-5)ccc32)cc1. The van der Waals surface area contributed by atoms with E-state index in [2.05, 4.69) is 394 Å². The zero-order valence-corrected chi connectivity index (χ0v) is 61.4. The summed E-state index contributed by atoms with van der Waals surface area (Å²) in [6.45, 7) is 23.3. The highest BCUT2D eigenvalue weighted by molar-refractivity contribution is 6.12. The summed E-state index contributed by atoms with van der Waals surface area (Å²) in [6, 6.07) is 111. The summed E-state index contributed by atoms with van der Waals surface area (Å²) in [6.07, 6.45) is 9.34. The minimum atomic E-state index is -0.497. The van der Waals surface area contributed by atoms with Gasteiger partial charge in [0, 0.05) is 43.7 Å². The topological polar surface area (TPSA) is 9.86 Å². The molecule has 1 spiro atoms. The fraction of sp³-hybridized carbons (Fsp3) is 0.146. The van der Waals surface area contributed by atoms with E-state index in [1.807, 2.05) is 0 Å². The molecule has 2 heteroatoms. The standard InChI is InChI=1S/C103H82N2/c1-99(2,3)71-39-43-73(44-40-71)104-95-25-17-13-21-83(95)85-59-67(37-53-97(85)104)69-35-51-79-77-47-31-63(55-89(77)101(7,8)91(79)61-69)27-29-65-33-49-81-82-50-34-66(58-94(82)103(93(81)57-65)87-23-15-11-19-75(87)76-20-12-16-24-88(76)103)30-28-64-32-48-78-80-52-36-70(62-92(80)102(9,10)90(78)56-64)68-38-54-98-86(60-68)84-22-14-18-26-96(84)105(98)74-45-41-72(42-46-74)100(4,5)6/h11-62H,1-10H3/b29-27+,30-28+. The molecule has 0 N–H and O–H groups in total. The normalized spacial score (nSPS) is 14.7. The first-order valence-electron chi connectivity index (χ1n) is 37.5. The van der Waals surface area contributed by atoms with Gasteiger partial charge < -0.3 is 9.13 Å². The maximum atomic E-state index is 2.49. The quantitative estimate of drug-likeness (QED) is 0.134. The molecule has 0 saturated heterocycles. The molecule has 4 aliphatic carbocycles. The van der Waals surface area contributed by atoms with Gasteiger partial charge in [-0.1, -0.05) is 300 Å². The van der Waals surface area contributed by atoms with Crippen molar-refractivity contribution in [1.29, 1.82) is 0 Å². The minimum absolute atomic E-state index is 0.0922. The number of para-hydroxylation sites is 2. The summed E-state index contributed by atoms with van der Waals surface area (Å²) in [7, 11) is 0. The maximum Gasteiger partial charge on any atom is 0.0725 e. The van der Waals surface area contributed by atoms with Crippen LogP contribution >= 0.6 is 0 Å². The molecule has 2 aromatic heterocycles. The van der Waals surface area contributed by atoms with Crippen LogP contribution in [0.4, 0.5) is 0 Å². The highest BCUT2D eigenvalue weighted by Gasteiger charge is 2.52. The van der Waals surface area contributed by atoms with Gasteiger partial charge in [0.1, 0.15) is 0 Å². The number of fused-ring (bicyclic) bond motifs is 22. The van der Waals surface area contributed by atoms with E-state index < -0.39 is 5.41 Å². The maximum absolute atomic E-state index is 2.49. The summed E-state index contributed by atoms with van der Waals surface area (Å²) in [4.78, 5) is 0. The lowest BCUT2D eigenvalue weighted by Gasteiger charge is -2.30. The summed E-state index contributed by atoms with van der Waals surface area (Å²) >= 11 is 0. The van der Waals surface area contributed by atoms with E-state index >= 15 is 0 Å². The van der Waals surface area contributed by atoms with Gasteiger partial charge in [0.2, 0.25) is 0 Å². The Morgan fingerprint density at radius 1 is 0.238 bits per heavy atom. The predicted octanol–water partition coefficient (Wildman–Crippen LogP) is 27.1. The predicted molar refractivity (Wildman–Crippen MR) is 446 cm³/mol. The van der Waals surface area contributed by atoms with Crippen molar-refractivity contribution < 1.29 is 0 Å². The van der Waals surface area contributed by atoms with Crippen LogP contribution in [0.25, 0.3) is 146 Å². The second-order valence-electron chi connectivity index (χ2n) is 33.3. The molecule has 0 fully saturated rings. The second-order valence-corrected chi connectivity index (χ2v) is 33.3. The minimum Gasteiger partial charge on any atom is -0.309 e. The highest BCUT2D eigenvalue weighted by atomic mass is 15.0. The van der Waals surface area contributed by atoms with Gasteiger partial charge in [-0.15, -0.1) is 0 Å². The van der Waals surface area contributed by atoms with Crippen LogP contribution in [0, 0.1) is 0 Å². The molecule has 0 amide bonds. The van der Waals surface area contributed by atoms with Gasteiger partial charge >= 0.3 is 0 Å². The van der Waals surface area contributed by atoms with Crippen LogP contribution in [0.1, 0.15) is 147 Å². The average molecular weight is 1350 g/mol. The van der Waals surface area contributed by atoms with Crippen LogP contribution in [0.3, 0.4) is 0 Å². The summed E-state index contributed by atoms with van der Waals surface area (Å²) in [5.41, 5.74) is 40.3.